The van der Waals surface area contributed by atoms with Crippen LogP contribution in [0.3, 0.4) is 0 Å². The number of benzene rings is 1. The molecular weight excluding hydrogens is 376 g/mol. The van der Waals surface area contributed by atoms with Gasteiger partial charge in [0.1, 0.15) is 0 Å². The van der Waals surface area contributed by atoms with Gasteiger partial charge in [-0.1, -0.05) is 6.07 Å². The molecule has 1 spiro atoms. The van der Waals surface area contributed by atoms with E-state index in [1.807, 2.05) is 30.3 Å². The van der Waals surface area contributed by atoms with Crippen LogP contribution in [0, 0.1) is 5.41 Å². The zero-order chi connectivity index (χ0) is 20.6. The zero-order valence-corrected chi connectivity index (χ0v) is 17.9. The molecule has 3 aliphatic rings. The number of amides is 1. The molecule has 3 saturated heterocycles. The second kappa shape index (κ2) is 8.25. The Labute approximate surface area is 178 Å². The highest BCUT2D eigenvalue weighted by Crippen LogP contribution is 2.43. The lowest BCUT2D eigenvalue weighted by Gasteiger charge is -2.39. The van der Waals surface area contributed by atoms with Crippen molar-refractivity contribution in [2.24, 2.45) is 5.41 Å². The second-order valence-electron chi connectivity index (χ2n) is 9.39. The first-order chi connectivity index (χ1) is 14.6. The number of fused-ring (bicyclic) bond motifs is 1. The minimum absolute atomic E-state index is 0.159. The van der Waals surface area contributed by atoms with Crippen LogP contribution < -0.4 is 0 Å². The number of piperidine rings is 1. The van der Waals surface area contributed by atoms with Crippen molar-refractivity contribution < 1.29 is 9.53 Å². The maximum Gasteiger partial charge on any atom is 0.253 e. The quantitative estimate of drug-likeness (QED) is 0.781. The number of likely N-dealkylation sites (tertiary alicyclic amines) is 2. The topological polar surface area (TPSA) is 48.9 Å². The molecule has 6 nitrogen and oxygen atoms in total. The van der Waals surface area contributed by atoms with Crippen LogP contribution in [-0.4, -0.2) is 91.2 Å². The molecule has 3 fully saturated rings. The van der Waals surface area contributed by atoms with Gasteiger partial charge in [-0.05, 0) is 56.0 Å². The van der Waals surface area contributed by atoms with Crippen molar-refractivity contribution in [2.75, 3.05) is 59.5 Å². The van der Waals surface area contributed by atoms with Crippen LogP contribution in [-0.2, 0) is 4.74 Å². The highest BCUT2D eigenvalue weighted by Gasteiger charge is 2.45. The number of rotatable bonds is 3. The number of hydrogen-bond donors (Lipinski definition) is 0. The van der Waals surface area contributed by atoms with Crippen LogP contribution in [0.15, 0.2) is 36.5 Å². The SMILES string of the molecule is CN1CC2(CCN(C(=O)c3ccc4ncccc4c3)CC2)CC1CN1CCOCC1. The fraction of sp³-hybridized carbons (Fsp3) is 0.583. The van der Waals surface area contributed by atoms with E-state index >= 15 is 0 Å². The first-order valence-corrected chi connectivity index (χ1v) is 11.3. The number of nitrogens with zero attached hydrogens (tertiary/aromatic N) is 4. The van der Waals surface area contributed by atoms with Gasteiger partial charge >= 0.3 is 0 Å². The predicted octanol–water partition coefficient (Wildman–Crippen LogP) is 2.49. The minimum atomic E-state index is 0.159. The lowest BCUT2D eigenvalue weighted by molar-refractivity contribution is 0.0283. The highest BCUT2D eigenvalue weighted by molar-refractivity contribution is 5.98. The van der Waals surface area contributed by atoms with E-state index in [0.717, 1.165) is 81.8 Å². The molecule has 3 aliphatic heterocycles. The molecule has 0 radical (unpaired) electrons. The van der Waals surface area contributed by atoms with E-state index in [2.05, 4.69) is 26.7 Å². The lowest BCUT2D eigenvalue weighted by Crippen LogP contribution is -2.44. The summed E-state index contributed by atoms with van der Waals surface area (Å²) in [5, 5.41) is 1.03. The average Bonchev–Trinajstić information content (AvgIpc) is 3.08. The minimum Gasteiger partial charge on any atom is -0.379 e. The van der Waals surface area contributed by atoms with E-state index < -0.39 is 0 Å². The van der Waals surface area contributed by atoms with Crippen molar-refractivity contribution >= 4 is 16.8 Å². The molecule has 0 saturated carbocycles. The van der Waals surface area contributed by atoms with E-state index in [1.165, 1.54) is 6.42 Å². The molecule has 0 N–H and O–H groups in total. The smallest absolute Gasteiger partial charge is 0.253 e. The van der Waals surface area contributed by atoms with E-state index in [1.54, 1.807) is 6.20 Å². The summed E-state index contributed by atoms with van der Waals surface area (Å²) in [6.45, 7) is 7.87. The lowest BCUT2D eigenvalue weighted by atomic mass is 9.76. The molecule has 1 aromatic carbocycles. The van der Waals surface area contributed by atoms with Crippen LogP contribution in [0.4, 0.5) is 0 Å². The molecule has 2 aromatic rings. The molecule has 160 valence electrons. The van der Waals surface area contributed by atoms with Crippen LogP contribution in [0.25, 0.3) is 10.9 Å². The van der Waals surface area contributed by atoms with Gasteiger partial charge in [0.15, 0.2) is 0 Å². The third-order valence-electron chi connectivity index (χ3n) is 7.41. The van der Waals surface area contributed by atoms with Gasteiger partial charge in [0.05, 0.1) is 18.7 Å². The Morgan fingerprint density at radius 2 is 1.97 bits per heavy atom. The molecule has 5 rings (SSSR count). The summed E-state index contributed by atoms with van der Waals surface area (Å²) in [5.41, 5.74) is 2.09. The average molecular weight is 409 g/mol. The maximum atomic E-state index is 13.1. The number of carbonyl (C=O) groups is 1. The maximum absolute atomic E-state index is 13.1. The number of likely N-dealkylation sites (N-methyl/N-ethyl adjacent to an activating group) is 1. The molecule has 1 atom stereocenters. The van der Waals surface area contributed by atoms with Crippen molar-refractivity contribution in [3.63, 3.8) is 0 Å². The molecule has 6 heteroatoms. The highest BCUT2D eigenvalue weighted by atomic mass is 16.5. The summed E-state index contributed by atoms with van der Waals surface area (Å²) in [5.74, 6) is 0.159. The zero-order valence-electron chi connectivity index (χ0n) is 17.9. The fourth-order valence-electron chi connectivity index (χ4n) is 5.60. The van der Waals surface area contributed by atoms with Gasteiger partial charge in [-0.25, -0.2) is 0 Å². The molecule has 1 unspecified atom stereocenters. The number of hydrogen-bond acceptors (Lipinski definition) is 5. The third-order valence-corrected chi connectivity index (χ3v) is 7.41. The van der Waals surface area contributed by atoms with Crippen molar-refractivity contribution in [1.29, 1.82) is 0 Å². The van der Waals surface area contributed by atoms with Crippen LogP contribution in [0.2, 0.25) is 0 Å². The van der Waals surface area contributed by atoms with E-state index in [-0.39, 0.29) is 5.91 Å². The Kier molecular flexibility index (Phi) is 5.48. The molecule has 30 heavy (non-hydrogen) atoms. The summed E-state index contributed by atoms with van der Waals surface area (Å²) in [4.78, 5) is 24.6. The van der Waals surface area contributed by atoms with Crippen molar-refractivity contribution in [3.8, 4) is 0 Å². The normalized spacial score (nSPS) is 25.2. The number of morpholine rings is 1. The Hall–Kier alpha value is -2.02. The van der Waals surface area contributed by atoms with Gasteiger partial charge in [0.25, 0.3) is 5.91 Å². The monoisotopic (exact) mass is 408 g/mol. The van der Waals surface area contributed by atoms with E-state index in [9.17, 15) is 4.79 Å². The molecule has 1 amide bonds. The van der Waals surface area contributed by atoms with Gasteiger partial charge in [-0.15, -0.1) is 0 Å². The molecule has 1 aromatic heterocycles. The Bertz CT molecular complexity index is 903. The number of ether oxygens (including phenoxy) is 1. The van der Waals surface area contributed by atoms with E-state index in [4.69, 9.17) is 4.74 Å². The summed E-state index contributed by atoms with van der Waals surface area (Å²) >= 11 is 0. The summed E-state index contributed by atoms with van der Waals surface area (Å²) in [7, 11) is 2.28. The van der Waals surface area contributed by atoms with Crippen LogP contribution in [0.5, 0.6) is 0 Å². The largest absolute Gasteiger partial charge is 0.379 e. The van der Waals surface area contributed by atoms with Crippen LogP contribution >= 0.6 is 0 Å². The first kappa shape index (κ1) is 19.9. The Morgan fingerprint density at radius 3 is 2.77 bits per heavy atom. The molecular formula is C24H32N4O2. The fourth-order valence-corrected chi connectivity index (χ4v) is 5.60. The standard InChI is InChI=1S/C24H32N4O2/c1-26-18-24(16-21(26)17-27-11-13-30-14-12-27)6-9-28(10-7-24)23(29)20-4-5-22-19(15-20)3-2-8-25-22/h2-5,8,15,21H,6-7,9-14,16-18H2,1H3. The predicted molar refractivity (Wildman–Crippen MR) is 118 cm³/mol. The van der Waals surface area contributed by atoms with Crippen molar-refractivity contribution in [2.45, 2.75) is 25.3 Å². The Morgan fingerprint density at radius 1 is 1.17 bits per heavy atom. The van der Waals surface area contributed by atoms with Crippen LogP contribution in [0.1, 0.15) is 29.6 Å². The van der Waals surface area contributed by atoms with Gasteiger partial charge < -0.3 is 14.5 Å². The molecule has 4 heterocycles. The van der Waals surface area contributed by atoms with Crippen molar-refractivity contribution in [1.82, 2.24) is 19.7 Å². The van der Waals surface area contributed by atoms with Gasteiger partial charge in [-0.3, -0.25) is 14.7 Å². The Balaban J connectivity index is 1.20. The van der Waals surface area contributed by atoms with E-state index in [0.29, 0.717) is 11.5 Å². The molecule has 0 aliphatic carbocycles. The summed E-state index contributed by atoms with van der Waals surface area (Å²) in [6, 6.07) is 10.4. The van der Waals surface area contributed by atoms with Crippen molar-refractivity contribution in [3.05, 3.63) is 42.1 Å². The van der Waals surface area contributed by atoms with Gasteiger partial charge in [0.2, 0.25) is 0 Å². The molecule has 0 bridgehead atoms. The number of carbonyl (C=O) groups excluding carboxylic acids is 1. The second-order valence-corrected chi connectivity index (χ2v) is 9.39. The summed E-state index contributed by atoms with van der Waals surface area (Å²) in [6.07, 6.45) is 5.26. The van der Waals surface area contributed by atoms with Gasteiger partial charge in [-0.2, -0.15) is 0 Å². The van der Waals surface area contributed by atoms with Gasteiger partial charge in [0, 0.05) is 62.5 Å². The summed E-state index contributed by atoms with van der Waals surface area (Å²) < 4.78 is 5.50. The first-order valence-electron chi connectivity index (χ1n) is 11.3. The number of aromatic nitrogens is 1. The third kappa shape index (κ3) is 3.96. The number of pyridine rings is 1.